The van der Waals surface area contributed by atoms with Crippen molar-refractivity contribution in [3.8, 4) is 0 Å². The van der Waals surface area contributed by atoms with Gasteiger partial charge in [-0.25, -0.2) is 0 Å². The first-order valence-corrected chi connectivity index (χ1v) is 8.25. The van der Waals surface area contributed by atoms with Gasteiger partial charge in [-0.05, 0) is 29.7 Å². The SMILES string of the molecule is C=C1CC(=O)C2C(C)(C)CCC[C@]2(C)[C@H]1/C=C/c1ccoc1. The highest BCUT2D eigenvalue weighted by atomic mass is 16.3. The second kappa shape index (κ2) is 5.26. The third-order valence-corrected chi connectivity index (χ3v) is 5.88. The number of carbonyl (C=O) groups excluding carboxylic acids is 1. The fourth-order valence-corrected chi connectivity index (χ4v) is 5.08. The molecule has 0 aromatic carbocycles. The zero-order valence-electron chi connectivity index (χ0n) is 13.9. The molecule has 118 valence electrons. The maximum atomic E-state index is 12.7. The van der Waals surface area contributed by atoms with E-state index in [0.29, 0.717) is 12.2 Å². The number of fused-ring (bicyclic) bond motifs is 1. The predicted octanol–water partition coefficient (Wildman–Crippen LogP) is 5.27. The van der Waals surface area contributed by atoms with Gasteiger partial charge in [-0.2, -0.15) is 0 Å². The van der Waals surface area contributed by atoms with E-state index in [2.05, 4.69) is 39.5 Å². The van der Waals surface area contributed by atoms with Gasteiger partial charge in [0, 0.05) is 23.8 Å². The van der Waals surface area contributed by atoms with E-state index >= 15 is 0 Å². The van der Waals surface area contributed by atoms with E-state index in [9.17, 15) is 4.79 Å². The van der Waals surface area contributed by atoms with Gasteiger partial charge >= 0.3 is 0 Å². The van der Waals surface area contributed by atoms with Crippen molar-refractivity contribution in [2.45, 2.75) is 46.5 Å². The molecular weight excluding hydrogens is 272 g/mol. The first-order valence-electron chi connectivity index (χ1n) is 8.25. The Balaban J connectivity index is 1.98. The van der Waals surface area contributed by atoms with E-state index in [0.717, 1.165) is 24.0 Å². The van der Waals surface area contributed by atoms with Crippen LogP contribution in [0.3, 0.4) is 0 Å². The third-order valence-electron chi connectivity index (χ3n) is 5.88. The van der Waals surface area contributed by atoms with E-state index in [1.807, 2.05) is 6.07 Å². The average molecular weight is 298 g/mol. The molecule has 1 aromatic heterocycles. The summed E-state index contributed by atoms with van der Waals surface area (Å²) in [5.74, 6) is 0.799. The van der Waals surface area contributed by atoms with E-state index in [4.69, 9.17) is 4.42 Å². The molecule has 0 saturated heterocycles. The van der Waals surface area contributed by atoms with Crippen LogP contribution in [-0.4, -0.2) is 5.78 Å². The molecule has 0 N–H and O–H groups in total. The molecule has 22 heavy (non-hydrogen) atoms. The summed E-state index contributed by atoms with van der Waals surface area (Å²) in [5.41, 5.74) is 2.22. The van der Waals surface area contributed by atoms with Crippen LogP contribution in [0.4, 0.5) is 0 Å². The number of hydrogen-bond acceptors (Lipinski definition) is 2. The highest BCUT2D eigenvalue weighted by molar-refractivity contribution is 5.86. The zero-order chi connectivity index (χ0) is 16.0. The topological polar surface area (TPSA) is 30.2 Å². The van der Waals surface area contributed by atoms with Crippen LogP contribution in [0.5, 0.6) is 0 Å². The van der Waals surface area contributed by atoms with Crippen LogP contribution in [-0.2, 0) is 4.79 Å². The molecule has 0 radical (unpaired) electrons. The van der Waals surface area contributed by atoms with Crippen molar-refractivity contribution < 1.29 is 9.21 Å². The summed E-state index contributed by atoms with van der Waals surface area (Å²) in [5, 5.41) is 0. The van der Waals surface area contributed by atoms with Crippen LogP contribution in [0.1, 0.15) is 52.0 Å². The number of allylic oxidation sites excluding steroid dienone is 2. The second-order valence-electron chi connectivity index (χ2n) is 7.98. The van der Waals surface area contributed by atoms with Gasteiger partial charge in [0.05, 0.1) is 12.5 Å². The van der Waals surface area contributed by atoms with Gasteiger partial charge in [0.15, 0.2) is 0 Å². The van der Waals surface area contributed by atoms with Crippen molar-refractivity contribution in [1.29, 1.82) is 0 Å². The molecule has 0 aliphatic heterocycles. The lowest BCUT2D eigenvalue weighted by molar-refractivity contribution is -0.141. The Labute approximate surface area is 133 Å². The maximum absolute atomic E-state index is 12.7. The molecule has 2 fully saturated rings. The monoisotopic (exact) mass is 298 g/mol. The van der Waals surface area contributed by atoms with Crippen LogP contribution in [0.25, 0.3) is 6.08 Å². The Morgan fingerprint density at radius 3 is 2.77 bits per heavy atom. The second-order valence-corrected chi connectivity index (χ2v) is 7.98. The minimum Gasteiger partial charge on any atom is -0.472 e. The summed E-state index contributed by atoms with van der Waals surface area (Å²) < 4.78 is 5.14. The first kappa shape index (κ1) is 15.3. The Morgan fingerprint density at radius 1 is 1.32 bits per heavy atom. The molecule has 2 nitrogen and oxygen atoms in total. The number of ketones is 1. The molecule has 2 heteroatoms. The van der Waals surface area contributed by atoms with Gasteiger partial charge in [-0.1, -0.05) is 51.5 Å². The van der Waals surface area contributed by atoms with Crippen molar-refractivity contribution in [2.75, 3.05) is 0 Å². The van der Waals surface area contributed by atoms with Crippen molar-refractivity contribution in [3.05, 3.63) is 42.4 Å². The van der Waals surface area contributed by atoms with Crippen molar-refractivity contribution in [3.63, 3.8) is 0 Å². The Kier molecular flexibility index (Phi) is 3.66. The predicted molar refractivity (Wildman–Crippen MR) is 89.2 cm³/mol. The number of rotatable bonds is 2. The van der Waals surface area contributed by atoms with Crippen LogP contribution in [0.15, 0.2) is 41.2 Å². The van der Waals surface area contributed by atoms with Crippen LogP contribution >= 0.6 is 0 Å². The largest absolute Gasteiger partial charge is 0.472 e. The van der Waals surface area contributed by atoms with Crippen LogP contribution < -0.4 is 0 Å². The van der Waals surface area contributed by atoms with Gasteiger partial charge in [-0.15, -0.1) is 0 Å². The maximum Gasteiger partial charge on any atom is 0.141 e. The molecule has 1 unspecified atom stereocenters. The molecule has 1 heterocycles. The summed E-state index contributed by atoms with van der Waals surface area (Å²) in [6.07, 6.45) is 11.8. The summed E-state index contributed by atoms with van der Waals surface area (Å²) in [6.45, 7) is 11.1. The zero-order valence-corrected chi connectivity index (χ0v) is 13.9. The first-order chi connectivity index (χ1) is 10.3. The number of hydrogen-bond donors (Lipinski definition) is 0. The molecule has 0 bridgehead atoms. The normalized spacial score (nSPS) is 34.9. The lowest BCUT2D eigenvalue weighted by atomic mass is 9.47. The van der Waals surface area contributed by atoms with Crippen molar-refractivity contribution in [2.24, 2.45) is 22.7 Å². The summed E-state index contributed by atoms with van der Waals surface area (Å²) >= 11 is 0. The summed E-state index contributed by atoms with van der Waals surface area (Å²) in [4.78, 5) is 12.7. The molecule has 0 amide bonds. The molecule has 3 atom stereocenters. The molecule has 2 aliphatic rings. The van der Waals surface area contributed by atoms with Crippen LogP contribution in [0, 0.1) is 22.7 Å². The molecule has 1 aromatic rings. The van der Waals surface area contributed by atoms with E-state index in [1.54, 1.807) is 12.5 Å². The average Bonchev–Trinajstić information content (AvgIpc) is 2.89. The van der Waals surface area contributed by atoms with Gasteiger partial charge in [0.25, 0.3) is 0 Å². The summed E-state index contributed by atoms with van der Waals surface area (Å²) in [7, 11) is 0. The molecular formula is C20H26O2. The summed E-state index contributed by atoms with van der Waals surface area (Å²) in [6, 6.07) is 1.96. The Bertz CT molecular complexity index is 606. The lowest BCUT2D eigenvalue weighted by Gasteiger charge is -2.56. The van der Waals surface area contributed by atoms with Gasteiger partial charge in [0.2, 0.25) is 0 Å². The molecule has 0 spiro atoms. The van der Waals surface area contributed by atoms with Crippen molar-refractivity contribution >= 4 is 11.9 Å². The number of Topliss-reactive ketones (excluding diaryl/α,β-unsaturated/α-hetero) is 1. The molecule has 2 aliphatic carbocycles. The third kappa shape index (κ3) is 2.39. The number of carbonyl (C=O) groups is 1. The Morgan fingerprint density at radius 2 is 2.09 bits per heavy atom. The van der Waals surface area contributed by atoms with E-state index in [1.165, 1.54) is 6.42 Å². The van der Waals surface area contributed by atoms with Gasteiger partial charge in [-0.3, -0.25) is 4.79 Å². The fourth-order valence-electron chi connectivity index (χ4n) is 5.08. The van der Waals surface area contributed by atoms with Gasteiger partial charge < -0.3 is 4.42 Å². The van der Waals surface area contributed by atoms with E-state index in [-0.39, 0.29) is 22.7 Å². The standard InChI is InChI=1S/C20H26O2/c1-14-12-17(21)18-19(2,3)9-5-10-20(18,4)16(14)7-6-15-8-11-22-13-15/h6-8,11,13,16,18H,1,5,9-10,12H2,2-4H3/b7-6+/t16-,18?,20+/m0/s1. The minimum atomic E-state index is -0.00555. The highest BCUT2D eigenvalue weighted by Crippen LogP contribution is 2.59. The van der Waals surface area contributed by atoms with Crippen LogP contribution in [0.2, 0.25) is 0 Å². The highest BCUT2D eigenvalue weighted by Gasteiger charge is 2.55. The Hall–Kier alpha value is -1.57. The molecule has 2 saturated carbocycles. The molecule has 3 rings (SSSR count). The minimum absolute atomic E-state index is 0.00555. The lowest BCUT2D eigenvalue weighted by Crippen LogP contribution is -2.53. The quantitative estimate of drug-likeness (QED) is 0.696. The van der Waals surface area contributed by atoms with E-state index < -0.39 is 0 Å². The van der Waals surface area contributed by atoms with Gasteiger partial charge in [0.1, 0.15) is 5.78 Å². The smallest absolute Gasteiger partial charge is 0.141 e. The van der Waals surface area contributed by atoms with Crippen molar-refractivity contribution in [1.82, 2.24) is 0 Å². The fraction of sp³-hybridized carbons (Fsp3) is 0.550. The number of furan rings is 1.